The van der Waals surface area contributed by atoms with Crippen molar-refractivity contribution in [3.63, 3.8) is 0 Å². The van der Waals surface area contributed by atoms with Gasteiger partial charge in [0.25, 0.3) is 0 Å². The van der Waals surface area contributed by atoms with Crippen LogP contribution in [0.15, 0.2) is 65.2 Å². The van der Waals surface area contributed by atoms with Crippen molar-refractivity contribution in [3.8, 4) is 34.4 Å². The average molecular weight is 404 g/mol. The molecule has 29 heavy (non-hydrogen) atoms. The van der Waals surface area contributed by atoms with Gasteiger partial charge in [0.2, 0.25) is 0 Å². The number of aromatic nitrogens is 3. The van der Waals surface area contributed by atoms with E-state index in [4.69, 9.17) is 25.7 Å². The Bertz CT molecular complexity index is 1170. The van der Waals surface area contributed by atoms with Gasteiger partial charge < -0.3 is 9.15 Å². The smallest absolute Gasteiger partial charge is 0.400 e. The van der Waals surface area contributed by atoms with Crippen LogP contribution in [0.2, 0.25) is 5.02 Å². The lowest BCUT2D eigenvalue weighted by atomic mass is 10.0. The minimum Gasteiger partial charge on any atom is -0.411 e. The largest absolute Gasteiger partial charge is 0.411 e. The third-order valence-electron chi connectivity index (χ3n) is 4.85. The molecule has 1 fully saturated rings. The highest BCUT2D eigenvalue weighted by atomic mass is 35.5. The summed E-state index contributed by atoms with van der Waals surface area (Å²) in [5, 5.41) is 0.634. The summed E-state index contributed by atoms with van der Waals surface area (Å²) in [6, 6.07) is 17.1. The summed E-state index contributed by atoms with van der Waals surface area (Å²) in [7, 11) is 0. The number of halogens is 1. The molecule has 6 heteroatoms. The summed E-state index contributed by atoms with van der Waals surface area (Å²) in [5.74, 6) is 2.47. The molecule has 0 bridgehead atoms. The van der Waals surface area contributed by atoms with Crippen LogP contribution in [-0.4, -0.2) is 15.0 Å². The predicted molar refractivity (Wildman–Crippen MR) is 111 cm³/mol. The first kappa shape index (κ1) is 17.9. The van der Waals surface area contributed by atoms with E-state index in [-0.39, 0.29) is 6.08 Å². The molecule has 1 saturated carbocycles. The summed E-state index contributed by atoms with van der Waals surface area (Å²) in [5.41, 5.74) is 3.05. The van der Waals surface area contributed by atoms with Gasteiger partial charge in [-0.25, -0.2) is 9.97 Å². The second-order valence-corrected chi connectivity index (χ2v) is 7.46. The van der Waals surface area contributed by atoms with Crippen LogP contribution in [0.25, 0.3) is 22.6 Å². The second-order valence-electron chi connectivity index (χ2n) is 7.05. The molecule has 144 valence electrons. The van der Waals surface area contributed by atoms with Gasteiger partial charge in [0.1, 0.15) is 17.3 Å². The van der Waals surface area contributed by atoms with Crippen molar-refractivity contribution in [3.05, 3.63) is 77.3 Å². The van der Waals surface area contributed by atoms with Crippen molar-refractivity contribution in [1.82, 2.24) is 15.0 Å². The van der Waals surface area contributed by atoms with Crippen LogP contribution in [0.4, 0.5) is 0 Å². The maximum Gasteiger partial charge on any atom is 0.400 e. The van der Waals surface area contributed by atoms with E-state index in [1.165, 1.54) is 0 Å². The third-order valence-corrected chi connectivity index (χ3v) is 5.18. The number of oxazole rings is 1. The minimum absolute atomic E-state index is 0.181. The van der Waals surface area contributed by atoms with E-state index in [1.54, 1.807) is 0 Å². The molecule has 0 N–H and O–H groups in total. The van der Waals surface area contributed by atoms with Crippen LogP contribution in [0.3, 0.4) is 0 Å². The Balaban J connectivity index is 1.61. The van der Waals surface area contributed by atoms with Gasteiger partial charge in [-0.05, 0) is 38.0 Å². The number of para-hydroxylation sites is 1. The number of aryl methyl sites for hydroxylation is 1. The summed E-state index contributed by atoms with van der Waals surface area (Å²) < 4.78 is 11.8. The fraction of sp³-hybridized carbons (Fsp3) is 0.174. The molecule has 0 spiro atoms. The third kappa shape index (κ3) is 3.61. The number of benzene rings is 2. The van der Waals surface area contributed by atoms with Crippen molar-refractivity contribution < 1.29 is 9.15 Å². The predicted octanol–water partition coefficient (Wildman–Crippen LogP) is 6.43. The molecule has 2 aromatic heterocycles. The maximum atomic E-state index is 6.46. The molecule has 5 nitrogen and oxygen atoms in total. The van der Waals surface area contributed by atoms with Crippen molar-refractivity contribution in [2.75, 3.05) is 0 Å². The first-order valence-corrected chi connectivity index (χ1v) is 9.89. The van der Waals surface area contributed by atoms with Crippen molar-refractivity contribution in [2.24, 2.45) is 0 Å². The molecule has 1 aliphatic carbocycles. The number of hydrogen-bond acceptors (Lipinski definition) is 5. The van der Waals surface area contributed by atoms with Crippen molar-refractivity contribution >= 4 is 11.6 Å². The van der Waals surface area contributed by atoms with Crippen LogP contribution in [0.1, 0.15) is 30.3 Å². The number of nitrogens with zero attached hydrogens (tertiary/aromatic N) is 3. The normalized spacial score (nSPS) is 13.4. The van der Waals surface area contributed by atoms with E-state index in [1.807, 2.05) is 67.7 Å². The average Bonchev–Trinajstić information content (AvgIpc) is 3.52. The molecule has 0 unspecified atom stereocenters. The highest BCUT2D eigenvalue weighted by Gasteiger charge is 2.29. The molecule has 2 heterocycles. The van der Waals surface area contributed by atoms with Crippen molar-refractivity contribution in [1.29, 1.82) is 0 Å². The van der Waals surface area contributed by atoms with Gasteiger partial charge in [-0.1, -0.05) is 48.0 Å². The zero-order valence-electron chi connectivity index (χ0n) is 15.8. The quantitative estimate of drug-likeness (QED) is 0.384. The fourth-order valence-electron chi connectivity index (χ4n) is 3.21. The zero-order chi connectivity index (χ0) is 19.8. The SMILES string of the molecule is Cc1nc(Oc2ccccc2)oc1-c1nc(C2CC2)ncc1-c1ccccc1Cl. The number of hydrogen-bond donors (Lipinski definition) is 0. The van der Waals surface area contributed by atoms with Crippen LogP contribution >= 0.6 is 11.6 Å². The van der Waals surface area contributed by atoms with Gasteiger partial charge >= 0.3 is 6.08 Å². The molecule has 0 amide bonds. The van der Waals surface area contributed by atoms with Crippen LogP contribution in [-0.2, 0) is 0 Å². The van der Waals surface area contributed by atoms with Gasteiger partial charge in [-0.2, -0.15) is 4.98 Å². The number of rotatable bonds is 5. The van der Waals surface area contributed by atoms with Gasteiger partial charge in [-0.3, -0.25) is 0 Å². The summed E-state index contributed by atoms with van der Waals surface area (Å²) in [4.78, 5) is 13.9. The lowest BCUT2D eigenvalue weighted by Gasteiger charge is -2.10. The van der Waals surface area contributed by atoms with Crippen LogP contribution in [0, 0.1) is 6.92 Å². The monoisotopic (exact) mass is 403 g/mol. The zero-order valence-corrected chi connectivity index (χ0v) is 16.6. The molecular weight excluding hydrogens is 386 g/mol. The van der Waals surface area contributed by atoms with E-state index in [2.05, 4.69) is 9.97 Å². The van der Waals surface area contributed by atoms with Gasteiger partial charge in [0, 0.05) is 28.3 Å². The molecule has 1 aliphatic rings. The van der Waals surface area contributed by atoms with E-state index >= 15 is 0 Å². The molecule has 5 rings (SSSR count). The van der Waals surface area contributed by atoms with Gasteiger partial charge in [0.05, 0.1) is 5.69 Å². The van der Waals surface area contributed by atoms with E-state index in [0.29, 0.717) is 33.8 Å². The van der Waals surface area contributed by atoms with Gasteiger partial charge in [0.15, 0.2) is 5.76 Å². The summed E-state index contributed by atoms with van der Waals surface area (Å²) in [6.07, 6.45) is 4.24. The minimum atomic E-state index is 0.181. The van der Waals surface area contributed by atoms with Crippen LogP contribution in [0.5, 0.6) is 11.8 Å². The molecule has 0 radical (unpaired) electrons. The standard InChI is InChI=1S/C23H18ClN3O2/c1-14-21(29-23(26-14)28-16-7-3-2-4-8-16)20-18(17-9-5-6-10-19(17)24)13-25-22(27-20)15-11-12-15/h2-10,13,15H,11-12H2,1H3. The Morgan fingerprint density at radius 3 is 2.48 bits per heavy atom. The highest BCUT2D eigenvalue weighted by Crippen LogP contribution is 2.42. The fourth-order valence-corrected chi connectivity index (χ4v) is 3.45. The van der Waals surface area contributed by atoms with Gasteiger partial charge in [-0.15, -0.1) is 0 Å². The Morgan fingerprint density at radius 1 is 0.966 bits per heavy atom. The molecule has 0 aliphatic heterocycles. The molecule has 0 saturated heterocycles. The van der Waals surface area contributed by atoms with E-state index < -0.39 is 0 Å². The van der Waals surface area contributed by atoms with E-state index in [9.17, 15) is 0 Å². The molecular formula is C23H18ClN3O2. The van der Waals surface area contributed by atoms with Crippen molar-refractivity contribution in [2.45, 2.75) is 25.7 Å². The Labute approximate surface area is 173 Å². The van der Waals surface area contributed by atoms with E-state index in [0.717, 1.165) is 29.8 Å². The topological polar surface area (TPSA) is 61.0 Å². The molecule has 0 atom stereocenters. The number of ether oxygens (including phenoxy) is 1. The Hall–Kier alpha value is -3.18. The molecule has 4 aromatic rings. The Morgan fingerprint density at radius 2 is 1.72 bits per heavy atom. The highest BCUT2D eigenvalue weighted by molar-refractivity contribution is 6.33. The summed E-state index contributed by atoms with van der Waals surface area (Å²) >= 11 is 6.46. The lowest BCUT2D eigenvalue weighted by Crippen LogP contribution is -1.98. The lowest BCUT2D eigenvalue weighted by molar-refractivity contribution is 0.335. The summed E-state index contributed by atoms with van der Waals surface area (Å²) in [6.45, 7) is 1.88. The Kier molecular flexibility index (Phi) is 4.52. The first-order valence-electron chi connectivity index (χ1n) is 9.51. The first-order chi connectivity index (χ1) is 14.2. The maximum absolute atomic E-state index is 6.46. The molecule has 2 aromatic carbocycles. The second kappa shape index (κ2) is 7.33. The van der Waals surface area contributed by atoms with Crippen LogP contribution < -0.4 is 4.74 Å².